The molecule has 130 valence electrons. The lowest BCUT2D eigenvalue weighted by Gasteiger charge is -2.29. The van der Waals surface area contributed by atoms with Crippen LogP contribution in [-0.4, -0.2) is 34.1 Å². The van der Waals surface area contributed by atoms with Gasteiger partial charge in [-0.3, -0.25) is 0 Å². The van der Waals surface area contributed by atoms with Crippen molar-refractivity contribution in [3.63, 3.8) is 0 Å². The lowest BCUT2D eigenvalue weighted by molar-refractivity contribution is 0.368. The van der Waals surface area contributed by atoms with Crippen molar-refractivity contribution in [2.45, 2.75) is 37.8 Å². The number of halogens is 1. The summed E-state index contributed by atoms with van der Waals surface area (Å²) < 4.78 is 0. The predicted molar refractivity (Wildman–Crippen MR) is 103 cm³/mol. The summed E-state index contributed by atoms with van der Waals surface area (Å²) in [5.74, 6) is 0.645. The van der Waals surface area contributed by atoms with Gasteiger partial charge in [-0.15, -0.1) is 0 Å². The number of nitrogens with zero attached hydrogens (tertiary/aromatic N) is 2. The summed E-state index contributed by atoms with van der Waals surface area (Å²) in [4.78, 5) is 12.4. The van der Waals surface area contributed by atoms with Gasteiger partial charge in [0, 0.05) is 34.7 Å². The maximum atomic E-state index is 6.40. The van der Waals surface area contributed by atoms with E-state index in [-0.39, 0.29) is 0 Å². The second-order valence-electron chi connectivity index (χ2n) is 6.63. The molecule has 3 aromatic rings. The van der Waals surface area contributed by atoms with Gasteiger partial charge >= 0.3 is 0 Å². The van der Waals surface area contributed by atoms with Crippen LogP contribution in [0.1, 0.15) is 25.7 Å². The number of hydrogen-bond acceptors (Lipinski definition) is 4. The molecule has 6 heteroatoms. The molecule has 2 atom stereocenters. The standard InChI is InChI=1S/C19H22ClN5/c1-21-12-5-4-6-13(9-12)24-19-23-11-16(20)18(25-19)15-10-22-17-8-3-2-7-14(15)17/h2-3,7-8,10-13,21-22H,4-6,9H2,1H3,(H,23,24,25). The molecule has 1 saturated carbocycles. The summed E-state index contributed by atoms with van der Waals surface area (Å²) in [6, 6.07) is 9.11. The zero-order valence-electron chi connectivity index (χ0n) is 14.2. The van der Waals surface area contributed by atoms with E-state index in [1.165, 1.54) is 12.8 Å². The molecule has 25 heavy (non-hydrogen) atoms. The van der Waals surface area contributed by atoms with Gasteiger partial charge in [-0.05, 0) is 38.8 Å². The molecule has 4 rings (SSSR count). The smallest absolute Gasteiger partial charge is 0.223 e. The monoisotopic (exact) mass is 355 g/mol. The van der Waals surface area contributed by atoms with Gasteiger partial charge in [-0.1, -0.05) is 29.8 Å². The highest BCUT2D eigenvalue weighted by Crippen LogP contribution is 2.32. The lowest BCUT2D eigenvalue weighted by Crippen LogP contribution is -2.37. The van der Waals surface area contributed by atoms with Crippen molar-refractivity contribution < 1.29 is 0 Å². The van der Waals surface area contributed by atoms with Crippen molar-refractivity contribution in [3.05, 3.63) is 41.7 Å². The Balaban J connectivity index is 1.63. The van der Waals surface area contributed by atoms with E-state index in [1.807, 2.05) is 31.4 Å². The number of para-hydroxylation sites is 1. The average Bonchev–Trinajstić information content (AvgIpc) is 3.07. The number of H-pyrrole nitrogens is 1. The summed E-state index contributed by atoms with van der Waals surface area (Å²) >= 11 is 6.40. The van der Waals surface area contributed by atoms with Crippen molar-refractivity contribution in [3.8, 4) is 11.3 Å². The number of benzene rings is 1. The molecule has 1 aromatic carbocycles. The molecular weight excluding hydrogens is 334 g/mol. The summed E-state index contributed by atoms with van der Waals surface area (Å²) in [5.41, 5.74) is 2.84. The number of hydrogen-bond donors (Lipinski definition) is 3. The summed E-state index contributed by atoms with van der Waals surface area (Å²) in [5, 5.41) is 8.54. The second kappa shape index (κ2) is 7.02. The normalized spacial score (nSPS) is 20.7. The molecule has 2 unspecified atom stereocenters. The largest absolute Gasteiger partial charge is 0.360 e. The molecule has 2 aromatic heterocycles. The molecule has 0 spiro atoms. The van der Waals surface area contributed by atoms with Crippen LogP contribution >= 0.6 is 11.6 Å². The summed E-state index contributed by atoms with van der Waals surface area (Å²) in [7, 11) is 2.03. The molecule has 1 aliphatic rings. The molecule has 0 aliphatic heterocycles. The Hall–Kier alpha value is -2.11. The van der Waals surface area contributed by atoms with Gasteiger partial charge in [0.15, 0.2) is 0 Å². The molecule has 1 aliphatic carbocycles. The van der Waals surface area contributed by atoms with Crippen LogP contribution in [0, 0.1) is 0 Å². The van der Waals surface area contributed by atoms with Crippen molar-refractivity contribution in [1.82, 2.24) is 20.3 Å². The third-order valence-corrected chi connectivity index (χ3v) is 5.28. The molecule has 0 saturated heterocycles. The molecular formula is C19H22ClN5. The third-order valence-electron chi connectivity index (χ3n) is 5.00. The van der Waals surface area contributed by atoms with E-state index in [0.717, 1.165) is 35.0 Å². The minimum atomic E-state index is 0.392. The number of rotatable bonds is 4. The van der Waals surface area contributed by atoms with Crippen LogP contribution in [-0.2, 0) is 0 Å². The number of fused-ring (bicyclic) bond motifs is 1. The fraction of sp³-hybridized carbons (Fsp3) is 0.368. The fourth-order valence-electron chi connectivity index (χ4n) is 3.66. The number of aromatic nitrogens is 3. The minimum Gasteiger partial charge on any atom is -0.360 e. The van der Waals surface area contributed by atoms with Crippen molar-refractivity contribution in [2.75, 3.05) is 12.4 Å². The zero-order valence-corrected chi connectivity index (χ0v) is 15.0. The molecule has 1 fully saturated rings. The molecule has 3 N–H and O–H groups in total. The quantitative estimate of drug-likeness (QED) is 0.655. The van der Waals surface area contributed by atoms with Crippen molar-refractivity contribution >= 4 is 28.5 Å². The highest BCUT2D eigenvalue weighted by Gasteiger charge is 2.22. The van der Waals surface area contributed by atoms with Crippen LogP contribution in [0.25, 0.3) is 22.2 Å². The first-order valence-electron chi connectivity index (χ1n) is 8.77. The number of aromatic amines is 1. The molecule has 2 heterocycles. The van der Waals surface area contributed by atoms with Crippen LogP contribution in [0.5, 0.6) is 0 Å². The Morgan fingerprint density at radius 1 is 1.20 bits per heavy atom. The third kappa shape index (κ3) is 3.34. The predicted octanol–water partition coefficient (Wildman–Crippen LogP) is 4.22. The maximum absolute atomic E-state index is 6.40. The molecule has 0 radical (unpaired) electrons. The highest BCUT2D eigenvalue weighted by molar-refractivity contribution is 6.33. The van der Waals surface area contributed by atoms with Crippen molar-refractivity contribution in [1.29, 1.82) is 0 Å². The molecule has 0 amide bonds. The number of nitrogens with one attached hydrogen (secondary N) is 3. The van der Waals surface area contributed by atoms with E-state index in [0.29, 0.717) is 23.1 Å². The summed E-state index contributed by atoms with van der Waals surface area (Å²) in [6.07, 6.45) is 8.33. The molecule has 5 nitrogen and oxygen atoms in total. The minimum absolute atomic E-state index is 0.392. The van der Waals surface area contributed by atoms with Crippen LogP contribution in [0.3, 0.4) is 0 Å². The first-order chi connectivity index (χ1) is 12.2. The van der Waals surface area contributed by atoms with Gasteiger partial charge in [-0.25, -0.2) is 9.97 Å². The van der Waals surface area contributed by atoms with Crippen LogP contribution in [0.2, 0.25) is 5.02 Å². The Morgan fingerprint density at radius 3 is 2.92 bits per heavy atom. The zero-order chi connectivity index (χ0) is 17.2. The van der Waals surface area contributed by atoms with E-state index < -0.39 is 0 Å². The summed E-state index contributed by atoms with van der Waals surface area (Å²) in [6.45, 7) is 0. The first-order valence-corrected chi connectivity index (χ1v) is 9.15. The van der Waals surface area contributed by atoms with Gasteiger partial charge in [-0.2, -0.15) is 0 Å². The van der Waals surface area contributed by atoms with Crippen LogP contribution in [0.4, 0.5) is 5.95 Å². The lowest BCUT2D eigenvalue weighted by atomic mass is 9.91. The fourth-order valence-corrected chi connectivity index (χ4v) is 3.85. The van der Waals surface area contributed by atoms with Gasteiger partial charge in [0.05, 0.1) is 16.9 Å². The SMILES string of the molecule is CNC1CCCC(Nc2ncc(Cl)c(-c3c[nH]c4ccccc34)n2)C1. The Morgan fingerprint density at radius 2 is 2.04 bits per heavy atom. The van der Waals surface area contributed by atoms with E-state index >= 15 is 0 Å². The number of anilines is 1. The van der Waals surface area contributed by atoms with E-state index in [1.54, 1.807) is 6.20 Å². The van der Waals surface area contributed by atoms with E-state index in [2.05, 4.69) is 26.7 Å². The molecule has 0 bridgehead atoms. The average molecular weight is 356 g/mol. The maximum Gasteiger partial charge on any atom is 0.223 e. The van der Waals surface area contributed by atoms with Gasteiger partial charge in [0.25, 0.3) is 0 Å². The Bertz CT molecular complexity index is 875. The second-order valence-corrected chi connectivity index (χ2v) is 7.04. The van der Waals surface area contributed by atoms with Gasteiger partial charge in [0.1, 0.15) is 0 Å². The van der Waals surface area contributed by atoms with Crippen LogP contribution < -0.4 is 10.6 Å². The van der Waals surface area contributed by atoms with Gasteiger partial charge in [0.2, 0.25) is 5.95 Å². The first kappa shape index (κ1) is 16.4. The van der Waals surface area contributed by atoms with E-state index in [4.69, 9.17) is 16.6 Å². The Labute approximate surface area is 152 Å². The van der Waals surface area contributed by atoms with Crippen LogP contribution in [0.15, 0.2) is 36.7 Å². The topological polar surface area (TPSA) is 65.6 Å². The van der Waals surface area contributed by atoms with E-state index in [9.17, 15) is 0 Å². The van der Waals surface area contributed by atoms with Crippen molar-refractivity contribution in [2.24, 2.45) is 0 Å². The highest BCUT2D eigenvalue weighted by atomic mass is 35.5. The van der Waals surface area contributed by atoms with Gasteiger partial charge < -0.3 is 15.6 Å². The Kier molecular flexibility index (Phi) is 4.59.